The van der Waals surface area contributed by atoms with Gasteiger partial charge >= 0.3 is 0 Å². The normalized spacial score (nSPS) is 14.0. The molecule has 1 saturated heterocycles. The summed E-state index contributed by atoms with van der Waals surface area (Å²) in [5.74, 6) is 0.745. The van der Waals surface area contributed by atoms with Gasteiger partial charge < -0.3 is 19.5 Å². The molecule has 1 fully saturated rings. The molecule has 4 rings (SSSR count). The van der Waals surface area contributed by atoms with E-state index in [-0.39, 0.29) is 11.8 Å². The number of benzene rings is 2. The lowest BCUT2D eigenvalue weighted by Crippen LogP contribution is -2.41. The van der Waals surface area contributed by atoms with Gasteiger partial charge in [-0.15, -0.1) is 0 Å². The summed E-state index contributed by atoms with van der Waals surface area (Å²) in [7, 11) is 1.76. The number of ether oxygens (including phenoxy) is 1. The van der Waals surface area contributed by atoms with Crippen LogP contribution in [0.5, 0.6) is 0 Å². The topological polar surface area (TPSA) is 101 Å². The van der Waals surface area contributed by atoms with Crippen LogP contribution in [-0.4, -0.2) is 84.7 Å². The van der Waals surface area contributed by atoms with Crippen molar-refractivity contribution in [1.29, 1.82) is 0 Å². The Kier molecular flexibility index (Phi) is 8.23. The number of aromatic nitrogens is 2. The highest BCUT2D eigenvalue weighted by atomic mass is 16.5. The number of hydrogen-bond acceptors (Lipinski definition) is 7. The maximum atomic E-state index is 12.6. The first-order valence-electron chi connectivity index (χ1n) is 11.8. The Morgan fingerprint density at radius 1 is 1.09 bits per heavy atom. The van der Waals surface area contributed by atoms with Crippen LogP contribution in [0.4, 0.5) is 0 Å². The molecule has 1 aromatic heterocycles. The zero-order valence-electron chi connectivity index (χ0n) is 20.2. The van der Waals surface area contributed by atoms with Crippen molar-refractivity contribution in [3.8, 4) is 11.5 Å². The van der Waals surface area contributed by atoms with E-state index in [0.29, 0.717) is 42.4 Å². The molecule has 9 nitrogen and oxygen atoms in total. The highest BCUT2D eigenvalue weighted by Crippen LogP contribution is 2.18. The molecule has 0 bridgehead atoms. The fourth-order valence-corrected chi connectivity index (χ4v) is 3.86. The molecular weight excluding hydrogens is 446 g/mol. The second-order valence-corrected chi connectivity index (χ2v) is 8.65. The van der Waals surface area contributed by atoms with Gasteiger partial charge in [-0.05, 0) is 43.3 Å². The van der Waals surface area contributed by atoms with Gasteiger partial charge in [-0.3, -0.25) is 14.5 Å². The van der Waals surface area contributed by atoms with Crippen LogP contribution in [-0.2, 0) is 11.2 Å². The maximum Gasteiger partial charge on any atom is 0.257 e. The summed E-state index contributed by atoms with van der Waals surface area (Å²) in [5.41, 5.74) is 3.01. The molecule has 0 spiro atoms. The molecule has 0 radical (unpaired) electrons. The van der Waals surface area contributed by atoms with Crippen LogP contribution in [0.2, 0.25) is 0 Å². The second-order valence-electron chi connectivity index (χ2n) is 8.65. The lowest BCUT2D eigenvalue weighted by atomic mass is 10.1. The molecule has 0 saturated carbocycles. The fourth-order valence-electron chi connectivity index (χ4n) is 3.86. The molecule has 0 atom stereocenters. The van der Waals surface area contributed by atoms with Crippen molar-refractivity contribution in [3.63, 3.8) is 0 Å². The molecule has 2 aromatic carbocycles. The van der Waals surface area contributed by atoms with Crippen LogP contribution in [0.15, 0.2) is 53.1 Å². The average molecular weight is 478 g/mol. The molecule has 0 unspecified atom stereocenters. The number of carbonyl (C=O) groups is 2. The van der Waals surface area contributed by atoms with Crippen molar-refractivity contribution in [2.24, 2.45) is 0 Å². The van der Waals surface area contributed by atoms with Crippen molar-refractivity contribution in [2.45, 2.75) is 13.3 Å². The van der Waals surface area contributed by atoms with Crippen molar-refractivity contribution in [1.82, 2.24) is 25.3 Å². The Bertz CT molecular complexity index is 1140. The number of likely N-dealkylation sites (N-methyl/N-ethyl adjacent to an activating group) is 1. The van der Waals surface area contributed by atoms with E-state index in [9.17, 15) is 9.59 Å². The summed E-state index contributed by atoms with van der Waals surface area (Å²) in [5, 5.41) is 6.99. The number of rotatable bonds is 9. The lowest BCUT2D eigenvalue weighted by Gasteiger charge is -2.26. The minimum absolute atomic E-state index is 0.0452. The van der Waals surface area contributed by atoms with E-state index >= 15 is 0 Å². The third-order valence-corrected chi connectivity index (χ3v) is 5.96. The number of amides is 2. The first kappa shape index (κ1) is 24.6. The van der Waals surface area contributed by atoms with E-state index in [2.05, 4.69) is 20.4 Å². The molecule has 0 aliphatic carbocycles. The van der Waals surface area contributed by atoms with Gasteiger partial charge in [-0.25, -0.2) is 0 Å². The Balaban J connectivity index is 1.26. The summed E-state index contributed by atoms with van der Waals surface area (Å²) in [6.45, 7) is 7.12. The van der Waals surface area contributed by atoms with E-state index in [1.54, 1.807) is 36.2 Å². The summed E-state index contributed by atoms with van der Waals surface area (Å²) in [4.78, 5) is 33.4. The number of nitrogens with zero attached hydrogens (tertiary/aromatic N) is 4. The summed E-state index contributed by atoms with van der Waals surface area (Å²) < 4.78 is 10.7. The molecule has 1 aliphatic rings. The number of nitrogens with one attached hydrogen (secondary N) is 1. The zero-order chi connectivity index (χ0) is 24.6. The number of hydrogen-bond donors (Lipinski definition) is 1. The van der Waals surface area contributed by atoms with E-state index < -0.39 is 0 Å². The smallest absolute Gasteiger partial charge is 0.257 e. The Labute approximate surface area is 205 Å². The lowest BCUT2D eigenvalue weighted by molar-refractivity contribution is 0.0383. The van der Waals surface area contributed by atoms with E-state index in [4.69, 9.17) is 9.26 Å². The van der Waals surface area contributed by atoms with Crippen LogP contribution < -0.4 is 5.32 Å². The Hall–Kier alpha value is -3.56. The average Bonchev–Trinajstić information content (AvgIpc) is 3.36. The minimum atomic E-state index is -0.114. The fraction of sp³-hybridized carbons (Fsp3) is 0.385. The van der Waals surface area contributed by atoms with Gasteiger partial charge in [0.05, 0.1) is 13.2 Å². The molecule has 1 N–H and O–H groups in total. The van der Waals surface area contributed by atoms with E-state index in [1.165, 1.54) is 0 Å². The van der Waals surface area contributed by atoms with Crippen LogP contribution in [0.3, 0.4) is 0 Å². The molecule has 9 heteroatoms. The zero-order valence-corrected chi connectivity index (χ0v) is 20.2. The highest BCUT2D eigenvalue weighted by molar-refractivity contribution is 5.95. The summed E-state index contributed by atoms with van der Waals surface area (Å²) in [6.07, 6.45) is 0.473. The van der Waals surface area contributed by atoms with Crippen LogP contribution >= 0.6 is 0 Å². The first-order chi connectivity index (χ1) is 17.0. The first-order valence-corrected chi connectivity index (χ1v) is 11.8. The third-order valence-electron chi connectivity index (χ3n) is 5.96. The van der Waals surface area contributed by atoms with Crippen LogP contribution in [0.25, 0.3) is 11.5 Å². The van der Waals surface area contributed by atoms with Crippen LogP contribution in [0.1, 0.15) is 32.1 Å². The summed E-state index contributed by atoms with van der Waals surface area (Å²) in [6, 6.07) is 14.6. The van der Waals surface area contributed by atoms with Gasteiger partial charge in [0, 0.05) is 62.9 Å². The predicted molar refractivity (Wildman–Crippen MR) is 131 cm³/mol. The van der Waals surface area contributed by atoms with Crippen molar-refractivity contribution in [3.05, 3.63) is 71.0 Å². The SMILES string of the molecule is Cc1cccc(C(=O)N(C)CCc2noc(-c3ccc(C(=O)NCCN4CCOCC4)cc3)n2)c1. The van der Waals surface area contributed by atoms with Crippen molar-refractivity contribution in [2.75, 3.05) is 53.0 Å². The molecule has 184 valence electrons. The standard InChI is InChI=1S/C26H31N5O4/c1-19-4-3-5-22(18-19)26(33)30(2)12-10-23-28-25(35-29-23)21-8-6-20(7-9-21)24(32)27-11-13-31-14-16-34-17-15-31/h3-9,18H,10-17H2,1-2H3,(H,27,32). The van der Waals surface area contributed by atoms with Crippen LogP contribution in [0, 0.1) is 6.92 Å². The van der Waals surface area contributed by atoms with Crippen molar-refractivity contribution >= 4 is 11.8 Å². The Morgan fingerprint density at radius 2 is 1.86 bits per heavy atom. The molecule has 3 aromatic rings. The number of carbonyl (C=O) groups excluding carboxylic acids is 2. The maximum absolute atomic E-state index is 12.6. The second kappa shape index (κ2) is 11.7. The molecule has 2 amide bonds. The third kappa shape index (κ3) is 6.74. The molecular formula is C26H31N5O4. The summed E-state index contributed by atoms with van der Waals surface area (Å²) >= 11 is 0. The monoisotopic (exact) mass is 477 g/mol. The van der Waals surface area contributed by atoms with Gasteiger partial charge in [0.2, 0.25) is 0 Å². The molecule has 2 heterocycles. The van der Waals surface area contributed by atoms with Gasteiger partial charge in [-0.1, -0.05) is 22.9 Å². The predicted octanol–water partition coefficient (Wildman–Crippen LogP) is 2.42. The molecule has 1 aliphatic heterocycles. The van der Waals surface area contributed by atoms with Gasteiger partial charge in [-0.2, -0.15) is 4.98 Å². The minimum Gasteiger partial charge on any atom is -0.379 e. The Morgan fingerprint density at radius 3 is 2.60 bits per heavy atom. The molecule has 35 heavy (non-hydrogen) atoms. The number of morpholine rings is 1. The highest BCUT2D eigenvalue weighted by Gasteiger charge is 2.15. The van der Waals surface area contributed by atoms with E-state index in [0.717, 1.165) is 44.0 Å². The quantitative estimate of drug-likeness (QED) is 0.505. The number of aryl methyl sites for hydroxylation is 1. The van der Waals surface area contributed by atoms with E-state index in [1.807, 2.05) is 31.2 Å². The van der Waals surface area contributed by atoms with Gasteiger partial charge in [0.1, 0.15) is 0 Å². The largest absolute Gasteiger partial charge is 0.379 e. The van der Waals surface area contributed by atoms with Gasteiger partial charge in [0.25, 0.3) is 17.7 Å². The van der Waals surface area contributed by atoms with Crippen molar-refractivity contribution < 1.29 is 18.8 Å². The van der Waals surface area contributed by atoms with Gasteiger partial charge in [0.15, 0.2) is 5.82 Å².